The fourth-order valence-electron chi connectivity index (χ4n) is 4.89. The van der Waals surface area contributed by atoms with Crippen LogP contribution < -0.4 is 0 Å². The topological polar surface area (TPSA) is 15.8 Å². The van der Waals surface area contributed by atoms with Crippen LogP contribution in [0.5, 0.6) is 0 Å². The second-order valence-corrected chi connectivity index (χ2v) is 8.92. The van der Waals surface area contributed by atoms with Crippen LogP contribution in [0.2, 0.25) is 0 Å². The molecule has 2 heteroatoms. The van der Waals surface area contributed by atoms with Crippen molar-refractivity contribution >= 4 is 64.1 Å². The zero-order chi connectivity index (χ0) is 19.7. The van der Waals surface area contributed by atoms with Gasteiger partial charge in [0.25, 0.3) is 0 Å². The molecule has 0 aliphatic carbocycles. The van der Waals surface area contributed by atoms with Gasteiger partial charge in [0.1, 0.15) is 0 Å². The van der Waals surface area contributed by atoms with Crippen LogP contribution >= 0.6 is 11.3 Å². The molecule has 0 saturated heterocycles. The Bertz CT molecular complexity index is 1750. The molecule has 2 heterocycles. The van der Waals surface area contributed by atoms with Crippen LogP contribution in [0.3, 0.4) is 0 Å². The summed E-state index contributed by atoms with van der Waals surface area (Å²) in [5.74, 6) is 0. The summed E-state index contributed by atoms with van der Waals surface area (Å²) >= 11 is 1.87. The van der Waals surface area contributed by atoms with Crippen molar-refractivity contribution in [2.24, 2.45) is 0 Å². The SMILES string of the molecule is c1ccc2c(c1)ccc1c3cccc(-c4cccc5sc6ccccc6c45)c3[nH]c21. The molecule has 5 aromatic carbocycles. The average molecular weight is 400 g/mol. The van der Waals surface area contributed by atoms with Crippen LogP contribution in [-0.2, 0) is 0 Å². The molecule has 2 aromatic heterocycles. The second-order valence-electron chi connectivity index (χ2n) is 7.84. The number of hydrogen-bond acceptors (Lipinski definition) is 1. The largest absolute Gasteiger partial charge is 0.353 e. The number of thiophene rings is 1. The normalized spacial score (nSPS) is 12.0. The maximum atomic E-state index is 3.80. The third-order valence-electron chi connectivity index (χ3n) is 6.23. The van der Waals surface area contributed by atoms with Crippen LogP contribution in [0.4, 0.5) is 0 Å². The number of fused-ring (bicyclic) bond motifs is 8. The fraction of sp³-hybridized carbons (Fsp3) is 0. The molecule has 0 atom stereocenters. The molecule has 0 aliphatic rings. The van der Waals surface area contributed by atoms with Gasteiger partial charge in [-0.3, -0.25) is 0 Å². The Morgan fingerprint density at radius 2 is 1.17 bits per heavy atom. The third-order valence-corrected chi connectivity index (χ3v) is 7.36. The van der Waals surface area contributed by atoms with E-state index in [2.05, 4.69) is 102 Å². The minimum atomic E-state index is 1.21. The quantitative estimate of drug-likeness (QED) is 0.285. The van der Waals surface area contributed by atoms with Gasteiger partial charge < -0.3 is 4.98 Å². The number of nitrogens with one attached hydrogen (secondary N) is 1. The second kappa shape index (κ2) is 5.94. The Morgan fingerprint density at radius 3 is 2.13 bits per heavy atom. The molecule has 1 nitrogen and oxygen atoms in total. The summed E-state index contributed by atoms with van der Waals surface area (Å²) in [6.45, 7) is 0. The highest BCUT2D eigenvalue weighted by Crippen LogP contribution is 2.43. The van der Waals surface area contributed by atoms with Gasteiger partial charge in [-0.05, 0) is 23.1 Å². The van der Waals surface area contributed by atoms with Gasteiger partial charge >= 0.3 is 0 Å². The molecule has 7 aromatic rings. The first kappa shape index (κ1) is 16.2. The molecule has 0 radical (unpaired) electrons. The fourth-order valence-corrected chi connectivity index (χ4v) is 6.02. The Kier molecular flexibility index (Phi) is 3.21. The summed E-state index contributed by atoms with van der Waals surface area (Å²) in [6, 6.07) is 35.2. The van der Waals surface area contributed by atoms with E-state index >= 15 is 0 Å². The van der Waals surface area contributed by atoms with Gasteiger partial charge in [-0.2, -0.15) is 0 Å². The van der Waals surface area contributed by atoms with Crippen molar-refractivity contribution in [2.45, 2.75) is 0 Å². The highest BCUT2D eigenvalue weighted by Gasteiger charge is 2.15. The molecule has 140 valence electrons. The Balaban J connectivity index is 1.64. The zero-order valence-electron chi connectivity index (χ0n) is 16.1. The van der Waals surface area contributed by atoms with E-state index in [1.165, 1.54) is 63.9 Å². The molecule has 0 bridgehead atoms. The first-order valence-corrected chi connectivity index (χ1v) is 11.0. The standard InChI is InChI=1S/C28H17NS/c1-2-8-18-17(7-1)15-16-22-21-12-5-11-20(28(21)29-27(18)22)19-10-6-14-25-26(19)23-9-3-4-13-24(23)30-25/h1-16,29H. The molecular weight excluding hydrogens is 382 g/mol. The summed E-state index contributed by atoms with van der Waals surface area (Å²) in [5.41, 5.74) is 5.00. The van der Waals surface area contributed by atoms with Gasteiger partial charge in [-0.25, -0.2) is 0 Å². The van der Waals surface area contributed by atoms with E-state index in [-0.39, 0.29) is 0 Å². The summed E-state index contributed by atoms with van der Waals surface area (Å²) in [6.07, 6.45) is 0. The molecule has 0 spiro atoms. The zero-order valence-corrected chi connectivity index (χ0v) is 17.0. The predicted molar refractivity (Wildman–Crippen MR) is 132 cm³/mol. The average Bonchev–Trinajstić information content (AvgIpc) is 3.37. The first-order chi connectivity index (χ1) is 14.9. The monoisotopic (exact) mass is 399 g/mol. The van der Waals surface area contributed by atoms with Crippen molar-refractivity contribution in [3.05, 3.63) is 97.1 Å². The molecular formula is C28H17NS. The van der Waals surface area contributed by atoms with Crippen LogP contribution in [0.25, 0.3) is 63.9 Å². The number of aromatic amines is 1. The summed E-state index contributed by atoms with van der Waals surface area (Å²) in [4.78, 5) is 3.80. The lowest BCUT2D eigenvalue weighted by Gasteiger charge is -2.06. The van der Waals surface area contributed by atoms with Crippen molar-refractivity contribution in [1.29, 1.82) is 0 Å². The van der Waals surface area contributed by atoms with Crippen LogP contribution in [0, 0.1) is 0 Å². The van der Waals surface area contributed by atoms with E-state index < -0.39 is 0 Å². The molecule has 0 amide bonds. The molecule has 30 heavy (non-hydrogen) atoms. The predicted octanol–water partition coefficient (Wildman–Crippen LogP) is 8.51. The number of rotatable bonds is 1. The first-order valence-electron chi connectivity index (χ1n) is 10.2. The lowest BCUT2D eigenvalue weighted by molar-refractivity contribution is 1.56. The molecule has 1 N–H and O–H groups in total. The number of para-hydroxylation sites is 1. The smallest absolute Gasteiger partial charge is 0.0544 e. The third kappa shape index (κ3) is 2.11. The van der Waals surface area contributed by atoms with E-state index in [0.717, 1.165) is 0 Å². The van der Waals surface area contributed by atoms with Crippen LogP contribution in [0.1, 0.15) is 0 Å². The van der Waals surface area contributed by atoms with E-state index in [1.54, 1.807) is 0 Å². The van der Waals surface area contributed by atoms with Gasteiger partial charge in [-0.15, -0.1) is 11.3 Å². The summed E-state index contributed by atoms with van der Waals surface area (Å²) in [5, 5.41) is 7.80. The van der Waals surface area contributed by atoms with Gasteiger partial charge in [-0.1, -0.05) is 84.9 Å². The number of H-pyrrole nitrogens is 1. The van der Waals surface area contributed by atoms with Crippen LogP contribution in [-0.4, -0.2) is 4.98 Å². The molecule has 0 aliphatic heterocycles. The van der Waals surface area contributed by atoms with Crippen molar-refractivity contribution in [1.82, 2.24) is 4.98 Å². The lowest BCUT2D eigenvalue weighted by Crippen LogP contribution is -1.82. The summed E-state index contributed by atoms with van der Waals surface area (Å²) in [7, 11) is 0. The molecule has 0 fully saturated rings. The number of hydrogen-bond donors (Lipinski definition) is 1. The molecule has 0 unspecified atom stereocenters. The van der Waals surface area contributed by atoms with Gasteiger partial charge in [0.15, 0.2) is 0 Å². The molecule has 7 rings (SSSR count). The Labute approximate surface area is 177 Å². The van der Waals surface area contributed by atoms with E-state index in [4.69, 9.17) is 0 Å². The summed E-state index contributed by atoms with van der Waals surface area (Å²) < 4.78 is 2.68. The van der Waals surface area contributed by atoms with Crippen molar-refractivity contribution in [3.8, 4) is 11.1 Å². The highest BCUT2D eigenvalue weighted by molar-refractivity contribution is 7.25. The maximum Gasteiger partial charge on any atom is 0.0544 e. The van der Waals surface area contributed by atoms with Gasteiger partial charge in [0, 0.05) is 41.9 Å². The highest BCUT2D eigenvalue weighted by atomic mass is 32.1. The van der Waals surface area contributed by atoms with E-state index in [9.17, 15) is 0 Å². The maximum absolute atomic E-state index is 3.80. The van der Waals surface area contributed by atoms with E-state index in [1.807, 2.05) is 11.3 Å². The van der Waals surface area contributed by atoms with Crippen LogP contribution in [0.15, 0.2) is 97.1 Å². The molecule has 0 saturated carbocycles. The van der Waals surface area contributed by atoms with E-state index in [0.29, 0.717) is 0 Å². The number of benzene rings is 5. The number of aromatic nitrogens is 1. The minimum absolute atomic E-state index is 1.21. The Morgan fingerprint density at radius 1 is 0.467 bits per heavy atom. The van der Waals surface area contributed by atoms with Gasteiger partial charge in [0.2, 0.25) is 0 Å². The Hall–Kier alpha value is -3.62. The van der Waals surface area contributed by atoms with Crippen molar-refractivity contribution in [2.75, 3.05) is 0 Å². The van der Waals surface area contributed by atoms with Crippen molar-refractivity contribution in [3.63, 3.8) is 0 Å². The lowest BCUT2D eigenvalue weighted by atomic mass is 9.97. The minimum Gasteiger partial charge on any atom is -0.353 e. The van der Waals surface area contributed by atoms with Gasteiger partial charge in [0.05, 0.1) is 11.0 Å². The van der Waals surface area contributed by atoms with Crippen molar-refractivity contribution < 1.29 is 0 Å².